The van der Waals surface area contributed by atoms with Crippen molar-refractivity contribution in [1.82, 2.24) is 24.9 Å². The molecular formula is C23H23N5O3. The van der Waals surface area contributed by atoms with Gasteiger partial charge in [0.1, 0.15) is 11.5 Å². The van der Waals surface area contributed by atoms with Crippen LogP contribution in [0, 0.1) is 20.8 Å². The van der Waals surface area contributed by atoms with Crippen LogP contribution in [0.5, 0.6) is 5.88 Å². The fraction of sp³-hybridized carbons (Fsp3) is 0.261. The first-order valence-electron chi connectivity index (χ1n) is 10.0. The van der Waals surface area contributed by atoms with E-state index in [4.69, 9.17) is 9.26 Å². The van der Waals surface area contributed by atoms with E-state index in [0.717, 1.165) is 27.9 Å². The lowest BCUT2D eigenvalue weighted by Crippen LogP contribution is -2.23. The molecule has 0 fully saturated rings. The summed E-state index contributed by atoms with van der Waals surface area (Å²) in [4.78, 5) is 21.4. The molecular weight excluding hydrogens is 394 g/mol. The summed E-state index contributed by atoms with van der Waals surface area (Å²) in [5.41, 5.74) is 5.39. The normalized spacial score (nSPS) is 11.0. The van der Waals surface area contributed by atoms with Gasteiger partial charge < -0.3 is 9.26 Å². The Hall–Kier alpha value is -3.81. The number of hydrogen-bond donors (Lipinski definition) is 0. The number of rotatable bonds is 6. The Labute approximate surface area is 179 Å². The van der Waals surface area contributed by atoms with Crippen LogP contribution < -0.4 is 10.3 Å². The molecule has 0 saturated carbocycles. The van der Waals surface area contributed by atoms with Crippen molar-refractivity contribution in [2.75, 3.05) is 6.61 Å². The summed E-state index contributed by atoms with van der Waals surface area (Å²) in [6.07, 6.45) is 5.09. The van der Waals surface area contributed by atoms with Crippen LogP contribution in [0.2, 0.25) is 0 Å². The first-order valence-corrected chi connectivity index (χ1v) is 10.0. The van der Waals surface area contributed by atoms with Crippen LogP contribution in [-0.4, -0.2) is 31.5 Å². The van der Waals surface area contributed by atoms with Gasteiger partial charge in [-0.25, -0.2) is 9.67 Å². The van der Waals surface area contributed by atoms with E-state index in [0.29, 0.717) is 29.5 Å². The Morgan fingerprint density at radius 2 is 1.77 bits per heavy atom. The summed E-state index contributed by atoms with van der Waals surface area (Å²) in [6.45, 7) is 8.38. The van der Waals surface area contributed by atoms with E-state index in [1.165, 1.54) is 4.68 Å². The summed E-state index contributed by atoms with van der Waals surface area (Å²) < 4.78 is 12.3. The Bertz CT molecular complexity index is 1280. The van der Waals surface area contributed by atoms with Crippen LogP contribution in [0.25, 0.3) is 22.4 Å². The van der Waals surface area contributed by atoms with Gasteiger partial charge >= 0.3 is 0 Å². The lowest BCUT2D eigenvalue weighted by Gasteiger charge is -2.09. The van der Waals surface area contributed by atoms with Gasteiger partial charge in [-0.15, -0.1) is 0 Å². The van der Waals surface area contributed by atoms with Gasteiger partial charge in [-0.1, -0.05) is 5.16 Å². The minimum Gasteiger partial charge on any atom is -0.478 e. The Balaban J connectivity index is 1.63. The maximum atomic E-state index is 12.8. The van der Waals surface area contributed by atoms with E-state index < -0.39 is 0 Å². The SMILES string of the molecule is CCOc1ncc(-c2cnn(Cc3c(-c4ccc(C)nc4)noc3C)c(=O)c2)cc1C. The molecule has 0 bridgehead atoms. The molecule has 4 aromatic rings. The average Bonchev–Trinajstić information content (AvgIpc) is 3.12. The van der Waals surface area contributed by atoms with Crippen LogP contribution >= 0.6 is 0 Å². The van der Waals surface area contributed by atoms with E-state index in [2.05, 4.69) is 20.2 Å². The van der Waals surface area contributed by atoms with Crippen molar-refractivity contribution in [3.8, 4) is 28.3 Å². The van der Waals surface area contributed by atoms with Crippen LogP contribution in [0.3, 0.4) is 0 Å². The van der Waals surface area contributed by atoms with Gasteiger partial charge in [-0.3, -0.25) is 9.78 Å². The largest absolute Gasteiger partial charge is 0.478 e. The van der Waals surface area contributed by atoms with Gasteiger partial charge in [0.25, 0.3) is 5.56 Å². The molecule has 158 valence electrons. The molecule has 0 N–H and O–H groups in total. The summed E-state index contributed by atoms with van der Waals surface area (Å²) in [6, 6.07) is 7.34. The van der Waals surface area contributed by atoms with E-state index in [1.54, 1.807) is 24.7 Å². The molecule has 0 aromatic carbocycles. The zero-order valence-corrected chi connectivity index (χ0v) is 17.9. The highest BCUT2D eigenvalue weighted by molar-refractivity contribution is 5.63. The highest BCUT2D eigenvalue weighted by Crippen LogP contribution is 2.26. The lowest BCUT2D eigenvalue weighted by molar-refractivity contribution is 0.324. The molecule has 0 saturated heterocycles. The molecule has 0 atom stereocenters. The molecule has 0 radical (unpaired) electrons. The quantitative estimate of drug-likeness (QED) is 0.472. The van der Waals surface area contributed by atoms with Gasteiger partial charge in [0.2, 0.25) is 5.88 Å². The molecule has 4 heterocycles. The van der Waals surface area contributed by atoms with E-state index in [9.17, 15) is 4.79 Å². The van der Waals surface area contributed by atoms with Crippen LogP contribution in [0.4, 0.5) is 0 Å². The molecule has 0 aliphatic heterocycles. The fourth-order valence-electron chi connectivity index (χ4n) is 3.28. The minimum atomic E-state index is -0.224. The van der Waals surface area contributed by atoms with Gasteiger partial charge in [-0.2, -0.15) is 5.10 Å². The van der Waals surface area contributed by atoms with E-state index in [-0.39, 0.29) is 12.1 Å². The molecule has 0 amide bonds. The van der Waals surface area contributed by atoms with Gasteiger partial charge in [-0.05, 0) is 45.9 Å². The minimum absolute atomic E-state index is 0.224. The van der Waals surface area contributed by atoms with Gasteiger partial charge in [0, 0.05) is 52.0 Å². The lowest BCUT2D eigenvalue weighted by atomic mass is 10.1. The molecule has 0 aliphatic rings. The standard InChI is InChI=1S/C23H23N5O3/c1-5-30-23-14(2)8-18(11-25-23)19-9-21(29)28(26-12-19)13-20-16(4)31-27-22(20)17-7-6-15(3)24-10-17/h6-12H,5,13H2,1-4H3. The predicted molar refractivity (Wildman–Crippen MR) is 116 cm³/mol. The third-order valence-electron chi connectivity index (χ3n) is 4.99. The number of ether oxygens (including phenoxy) is 1. The summed E-state index contributed by atoms with van der Waals surface area (Å²) in [7, 11) is 0. The van der Waals surface area contributed by atoms with Crippen molar-refractivity contribution in [2.24, 2.45) is 0 Å². The summed E-state index contributed by atoms with van der Waals surface area (Å²) in [5.74, 6) is 1.23. The smallest absolute Gasteiger partial charge is 0.267 e. The fourth-order valence-corrected chi connectivity index (χ4v) is 3.28. The van der Waals surface area contributed by atoms with Crippen molar-refractivity contribution in [3.05, 3.63) is 75.8 Å². The third-order valence-corrected chi connectivity index (χ3v) is 4.99. The number of nitrogens with zero attached hydrogens (tertiary/aromatic N) is 5. The summed E-state index contributed by atoms with van der Waals surface area (Å²) in [5, 5.41) is 8.53. The molecule has 4 aromatic heterocycles. The third kappa shape index (κ3) is 4.23. The summed E-state index contributed by atoms with van der Waals surface area (Å²) >= 11 is 0. The Morgan fingerprint density at radius 1 is 1.00 bits per heavy atom. The highest BCUT2D eigenvalue weighted by atomic mass is 16.5. The van der Waals surface area contributed by atoms with Crippen molar-refractivity contribution in [1.29, 1.82) is 0 Å². The van der Waals surface area contributed by atoms with E-state index >= 15 is 0 Å². The maximum absolute atomic E-state index is 12.8. The predicted octanol–water partition coefficient (Wildman–Crippen LogP) is 3.73. The zero-order chi connectivity index (χ0) is 22.0. The molecule has 0 spiro atoms. The number of aryl methyl sites for hydroxylation is 3. The highest BCUT2D eigenvalue weighted by Gasteiger charge is 2.17. The average molecular weight is 417 g/mol. The van der Waals surface area contributed by atoms with Crippen LogP contribution in [-0.2, 0) is 6.54 Å². The molecule has 8 nitrogen and oxygen atoms in total. The Kier molecular flexibility index (Phi) is 5.62. The number of aromatic nitrogens is 5. The van der Waals surface area contributed by atoms with Crippen LogP contribution in [0.15, 0.2) is 52.2 Å². The maximum Gasteiger partial charge on any atom is 0.267 e. The second kappa shape index (κ2) is 8.51. The molecule has 4 rings (SSSR count). The van der Waals surface area contributed by atoms with Crippen molar-refractivity contribution >= 4 is 0 Å². The van der Waals surface area contributed by atoms with Crippen molar-refractivity contribution in [2.45, 2.75) is 34.2 Å². The molecule has 0 aliphatic carbocycles. The van der Waals surface area contributed by atoms with E-state index in [1.807, 2.05) is 45.9 Å². The number of hydrogen-bond acceptors (Lipinski definition) is 7. The van der Waals surface area contributed by atoms with Gasteiger partial charge in [0.15, 0.2) is 0 Å². The van der Waals surface area contributed by atoms with Gasteiger partial charge in [0.05, 0.1) is 19.3 Å². The monoisotopic (exact) mass is 417 g/mol. The molecule has 31 heavy (non-hydrogen) atoms. The first-order chi connectivity index (χ1) is 15.0. The second-order valence-electron chi connectivity index (χ2n) is 7.27. The zero-order valence-electron chi connectivity index (χ0n) is 17.9. The van der Waals surface area contributed by atoms with Crippen LogP contribution in [0.1, 0.15) is 29.5 Å². The molecule has 8 heteroatoms. The topological polar surface area (TPSA) is 95.9 Å². The number of pyridine rings is 2. The second-order valence-corrected chi connectivity index (χ2v) is 7.27. The molecule has 0 unspecified atom stereocenters. The first kappa shape index (κ1) is 20.5. The van der Waals surface area contributed by atoms with Crippen molar-refractivity contribution < 1.29 is 9.26 Å². The van der Waals surface area contributed by atoms with Crippen molar-refractivity contribution in [3.63, 3.8) is 0 Å². The Morgan fingerprint density at radius 3 is 2.45 bits per heavy atom.